The van der Waals surface area contributed by atoms with Crippen molar-refractivity contribution in [3.05, 3.63) is 34.6 Å². The van der Waals surface area contributed by atoms with E-state index >= 15 is 0 Å². The highest BCUT2D eigenvalue weighted by molar-refractivity contribution is 6.31. The van der Waals surface area contributed by atoms with Crippen LogP contribution in [0.15, 0.2) is 18.2 Å². The smallest absolute Gasteiger partial charge is 0.136 e. The summed E-state index contributed by atoms with van der Waals surface area (Å²) >= 11 is 6.07. The van der Waals surface area contributed by atoms with Crippen LogP contribution in [0.1, 0.15) is 45.6 Å². The van der Waals surface area contributed by atoms with Crippen LogP contribution < -0.4 is 0 Å². The average molecular weight is 297 g/mol. The Labute approximate surface area is 125 Å². The molecule has 1 aliphatic carbocycles. The van der Waals surface area contributed by atoms with Gasteiger partial charge in [0.15, 0.2) is 0 Å². The van der Waals surface area contributed by atoms with Crippen molar-refractivity contribution < 1.29 is 9.18 Å². The van der Waals surface area contributed by atoms with Crippen molar-refractivity contribution in [3.63, 3.8) is 0 Å². The molecule has 2 atom stereocenters. The van der Waals surface area contributed by atoms with Gasteiger partial charge < -0.3 is 0 Å². The Balaban J connectivity index is 2.17. The number of hydrogen-bond acceptors (Lipinski definition) is 1. The summed E-state index contributed by atoms with van der Waals surface area (Å²) in [5, 5.41) is 0.427. The van der Waals surface area contributed by atoms with Gasteiger partial charge in [-0.15, -0.1) is 0 Å². The summed E-state index contributed by atoms with van der Waals surface area (Å²) in [6, 6.07) is 4.70. The predicted molar refractivity (Wildman–Crippen MR) is 80.4 cm³/mol. The topological polar surface area (TPSA) is 17.1 Å². The van der Waals surface area contributed by atoms with Gasteiger partial charge in [-0.3, -0.25) is 4.79 Å². The van der Waals surface area contributed by atoms with E-state index in [4.69, 9.17) is 11.6 Å². The zero-order valence-electron chi connectivity index (χ0n) is 12.4. The van der Waals surface area contributed by atoms with Crippen LogP contribution >= 0.6 is 11.6 Å². The Morgan fingerprint density at radius 2 is 2.05 bits per heavy atom. The van der Waals surface area contributed by atoms with E-state index in [0.29, 0.717) is 29.3 Å². The molecule has 0 N–H and O–H groups in total. The Morgan fingerprint density at radius 3 is 2.65 bits per heavy atom. The highest BCUT2D eigenvalue weighted by Gasteiger charge is 2.35. The summed E-state index contributed by atoms with van der Waals surface area (Å²) in [5.41, 5.74) is 0.680. The molecule has 110 valence electrons. The average Bonchev–Trinajstić information content (AvgIpc) is 2.34. The molecule has 0 radical (unpaired) electrons. The van der Waals surface area contributed by atoms with Gasteiger partial charge in [-0.1, -0.05) is 38.4 Å². The molecule has 1 aliphatic rings. The van der Waals surface area contributed by atoms with Crippen LogP contribution in [0.5, 0.6) is 0 Å². The van der Waals surface area contributed by atoms with Crippen molar-refractivity contribution in [1.29, 1.82) is 0 Å². The van der Waals surface area contributed by atoms with Gasteiger partial charge in [0, 0.05) is 22.9 Å². The molecule has 1 fully saturated rings. The molecule has 1 saturated carbocycles. The fourth-order valence-electron chi connectivity index (χ4n) is 3.07. The van der Waals surface area contributed by atoms with E-state index in [2.05, 4.69) is 20.8 Å². The molecular formula is C17H22ClFO. The van der Waals surface area contributed by atoms with Gasteiger partial charge in [-0.25, -0.2) is 4.39 Å². The third kappa shape index (κ3) is 3.41. The van der Waals surface area contributed by atoms with Crippen LogP contribution in [0, 0.1) is 23.1 Å². The maximum Gasteiger partial charge on any atom is 0.136 e. The zero-order chi connectivity index (χ0) is 14.9. The van der Waals surface area contributed by atoms with Crippen molar-refractivity contribution in [3.8, 4) is 0 Å². The number of carbonyl (C=O) groups excluding carboxylic acids is 1. The van der Waals surface area contributed by atoms with E-state index < -0.39 is 0 Å². The number of rotatable bonds is 2. The molecular weight excluding hydrogens is 275 g/mol. The van der Waals surface area contributed by atoms with E-state index in [1.54, 1.807) is 12.1 Å². The molecule has 0 saturated heterocycles. The number of benzene rings is 1. The number of halogens is 2. The van der Waals surface area contributed by atoms with Crippen molar-refractivity contribution >= 4 is 17.4 Å². The maximum absolute atomic E-state index is 13.9. The van der Waals surface area contributed by atoms with Crippen molar-refractivity contribution in [2.75, 3.05) is 0 Å². The van der Waals surface area contributed by atoms with E-state index in [-0.39, 0.29) is 22.9 Å². The van der Waals surface area contributed by atoms with Crippen molar-refractivity contribution in [1.82, 2.24) is 0 Å². The standard InChI is InChI=1S/C17H22ClFO/c1-17(2,3)12-7-8-16(20)11(9-12)10-13-14(18)5-4-6-15(13)19/h4-6,11-12H,7-10H2,1-3H3. The van der Waals surface area contributed by atoms with Crippen LogP contribution in [0.2, 0.25) is 5.02 Å². The Morgan fingerprint density at radius 1 is 1.35 bits per heavy atom. The molecule has 2 unspecified atom stereocenters. The molecule has 0 spiro atoms. The lowest BCUT2D eigenvalue weighted by Gasteiger charge is -2.37. The largest absolute Gasteiger partial charge is 0.299 e. The van der Waals surface area contributed by atoms with Gasteiger partial charge in [0.2, 0.25) is 0 Å². The molecule has 0 aromatic heterocycles. The first kappa shape index (κ1) is 15.5. The second kappa shape index (κ2) is 5.85. The van der Waals surface area contributed by atoms with Crippen LogP contribution in [0.25, 0.3) is 0 Å². The summed E-state index contributed by atoms with van der Waals surface area (Å²) in [5.74, 6) is 0.367. The van der Waals surface area contributed by atoms with Gasteiger partial charge in [-0.2, -0.15) is 0 Å². The summed E-state index contributed by atoms with van der Waals surface area (Å²) in [4.78, 5) is 12.1. The first-order chi connectivity index (χ1) is 9.29. The minimum Gasteiger partial charge on any atom is -0.299 e. The minimum absolute atomic E-state index is 0.0950. The molecule has 2 rings (SSSR count). The second-order valence-electron chi connectivity index (χ2n) is 6.90. The molecule has 0 heterocycles. The van der Waals surface area contributed by atoms with Gasteiger partial charge in [0.05, 0.1) is 0 Å². The van der Waals surface area contributed by atoms with E-state index in [1.807, 2.05) is 0 Å². The Bertz CT molecular complexity index is 484. The van der Waals surface area contributed by atoms with Gasteiger partial charge >= 0.3 is 0 Å². The van der Waals surface area contributed by atoms with Gasteiger partial charge in [0.1, 0.15) is 11.6 Å². The molecule has 20 heavy (non-hydrogen) atoms. The molecule has 0 amide bonds. The molecule has 1 aromatic carbocycles. The van der Waals surface area contributed by atoms with E-state index in [1.165, 1.54) is 6.07 Å². The molecule has 1 nitrogen and oxygen atoms in total. The highest BCUT2D eigenvalue weighted by atomic mass is 35.5. The normalized spacial score (nSPS) is 23.9. The summed E-state index contributed by atoms with van der Waals surface area (Å²) < 4.78 is 13.9. The minimum atomic E-state index is -0.303. The summed E-state index contributed by atoms with van der Waals surface area (Å²) in [6.45, 7) is 6.63. The lowest BCUT2D eigenvalue weighted by Crippen LogP contribution is -2.33. The first-order valence-corrected chi connectivity index (χ1v) is 7.62. The third-order valence-corrected chi connectivity index (χ3v) is 4.85. The lowest BCUT2D eigenvalue weighted by molar-refractivity contribution is -0.126. The molecule has 1 aromatic rings. The van der Waals surface area contributed by atoms with E-state index in [9.17, 15) is 9.18 Å². The van der Waals surface area contributed by atoms with Crippen molar-refractivity contribution in [2.45, 2.75) is 46.5 Å². The van der Waals surface area contributed by atoms with Crippen LogP contribution in [-0.2, 0) is 11.2 Å². The maximum atomic E-state index is 13.9. The van der Waals surface area contributed by atoms with Crippen LogP contribution in [-0.4, -0.2) is 5.78 Å². The highest BCUT2D eigenvalue weighted by Crippen LogP contribution is 2.40. The molecule has 0 bridgehead atoms. The quantitative estimate of drug-likeness (QED) is 0.746. The third-order valence-electron chi connectivity index (χ3n) is 4.50. The fourth-order valence-corrected chi connectivity index (χ4v) is 3.31. The second-order valence-corrected chi connectivity index (χ2v) is 7.31. The van der Waals surface area contributed by atoms with E-state index in [0.717, 1.165) is 12.8 Å². The van der Waals surface area contributed by atoms with Gasteiger partial charge in [-0.05, 0) is 42.7 Å². The number of hydrogen-bond donors (Lipinski definition) is 0. The summed E-state index contributed by atoms with van der Waals surface area (Å²) in [6.07, 6.45) is 2.83. The predicted octanol–water partition coefficient (Wildman–Crippen LogP) is 5.05. The van der Waals surface area contributed by atoms with Crippen molar-refractivity contribution in [2.24, 2.45) is 17.3 Å². The fraction of sp³-hybridized carbons (Fsp3) is 0.588. The monoisotopic (exact) mass is 296 g/mol. The molecule has 0 aliphatic heterocycles. The van der Waals surface area contributed by atoms with Gasteiger partial charge in [0.25, 0.3) is 0 Å². The number of Topliss-reactive ketones (excluding diaryl/α,β-unsaturated/α-hetero) is 1. The molecule has 3 heteroatoms. The zero-order valence-corrected chi connectivity index (χ0v) is 13.1. The Hall–Kier alpha value is -0.890. The lowest BCUT2D eigenvalue weighted by atomic mass is 9.67. The first-order valence-electron chi connectivity index (χ1n) is 7.24. The number of ketones is 1. The van der Waals surface area contributed by atoms with Crippen LogP contribution in [0.4, 0.5) is 4.39 Å². The Kier molecular flexibility index (Phi) is 4.53. The number of carbonyl (C=O) groups is 1. The summed E-state index contributed by atoms with van der Waals surface area (Å²) in [7, 11) is 0. The SMILES string of the molecule is CC(C)(C)C1CCC(=O)C(Cc2c(F)cccc2Cl)C1. The van der Waals surface area contributed by atoms with Crippen LogP contribution in [0.3, 0.4) is 0 Å².